The molecule has 3 aromatic heterocycles. The van der Waals surface area contributed by atoms with Crippen molar-refractivity contribution in [2.24, 2.45) is 0 Å². The van der Waals surface area contributed by atoms with Crippen LogP contribution in [-0.4, -0.2) is 14.0 Å². The second-order valence-electron chi connectivity index (χ2n) is 11.5. The number of aromatic nitrogens is 3. The quantitative estimate of drug-likeness (QED) is 0.187. The van der Waals surface area contributed by atoms with Gasteiger partial charge >= 0.3 is 0 Å². The summed E-state index contributed by atoms with van der Waals surface area (Å²) in [6.45, 7) is 0. The Morgan fingerprint density at radius 2 is 0.977 bits per heavy atom. The third kappa shape index (κ3) is 2.96. The van der Waals surface area contributed by atoms with Crippen LogP contribution in [0.25, 0.3) is 87.3 Å². The van der Waals surface area contributed by atoms with Gasteiger partial charge < -0.3 is 0 Å². The van der Waals surface area contributed by atoms with E-state index in [-0.39, 0.29) is 5.56 Å². The molecule has 4 nitrogen and oxygen atoms in total. The lowest BCUT2D eigenvalue weighted by atomic mass is 9.94. The van der Waals surface area contributed by atoms with Gasteiger partial charge in [-0.1, -0.05) is 103 Å². The zero-order valence-electron chi connectivity index (χ0n) is 23.5. The third-order valence-electron chi connectivity index (χ3n) is 9.26. The molecule has 0 aliphatic carbocycles. The maximum atomic E-state index is 14.6. The first kappa shape index (κ1) is 23.6. The number of para-hydroxylation sites is 3. The molecule has 0 N–H and O–H groups in total. The lowest BCUT2D eigenvalue weighted by Gasteiger charge is -2.18. The van der Waals surface area contributed by atoms with Crippen molar-refractivity contribution in [3.63, 3.8) is 0 Å². The Morgan fingerprint density at radius 1 is 0.455 bits per heavy atom. The molecule has 0 radical (unpaired) electrons. The zero-order valence-corrected chi connectivity index (χ0v) is 23.5. The van der Waals surface area contributed by atoms with Crippen LogP contribution in [0.3, 0.4) is 0 Å². The first-order valence-electron chi connectivity index (χ1n) is 14.9. The van der Waals surface area contributed by atoms with Crippen molar-refractivity contribution in [3.05, 3.63) is 150 Å². The monoisotopic (exact) mass is 561 g/mol. The standard InChI is InChI=1S/C40H23N3O/c44-40-31-16-6-5-15-30(31)37-38(32-17-7-9-19-35(32)43-36-20-10-8-18-34(36)41-39(37)43)42(40)24-21-22-29-27-13-2-1-11-25(27)26-12-3-4-14-28(26)33(29)23-24/h1-23H. The molecule has 7 aromatic carbocycles. The fraction of sp³-hybridized carbons (Fsp3) is 0. The van der Waals surface area contributed by atoms with Crippen molar-refractivity contribution in [1.82, 2.24) is 14.0 Å². The van der Waals surface area contributed by atoms with E-state index in [0.29, 0.717) is 5.39 Å². The highest BCUT2D eigenvalue weighted by Crippen LogP contribution is 2.39. The first-order valence-corrected chi connectivity index (χ1v) is 14.9. The average Bonchev–Trinajstić information content (AvgIpc) is 3.48. The number of pyridine rings is 2. The van der Waals surface area contributed by atoms with E-state index in [9.17, 15) is 4.79 Å². The molecule has 0 spiro atoms. The summed E-state index contributed by atoms with van der Waals surface area (Å²) in [5.41, 5.74) is 5.51. The molecular weight excluding hydrogens is 538 g/mol. The number of rotatable bonds is 1. The van der Waals surface area contributed by atoms with Crippen molar-refractivity contribution in [2.45, 2.75) is 0 Å². The molecule has 4 heteroatoms. The number of hydrogen-bond acceptors (Lipinski definition) is 2. The number of hydrogen-bond donors (Lipinski definition) is 0. The molecule has 0 unspecified atom stereocenters. The van der Waals surface area contributed by atoms with Gasteiger partial charge in [0.05, 0.1) is 27.5 Å². The van der Waals surface area contributed by atoms with Gasteiger partial charge in [-0.3, -0.25) is 13.8 Å². The van der Waals surface area contributed by atoms with Crippen molar-refractivity contribution in [3.8, 4) is 5.69 Å². The van der Waals surface area contributed by atoms with Crippen LogP contribution in [0.2, 0.25) is 0 Å². The minimum absolute atomic E-state index is 0.0387. The fourth-order valence-electron chi connectivity index (χ4n) is 7.42. The van der Waals surface area contributed by atoms with E-state index in [0.717, 1.165) is 54.9 Å². The Morgan fingerprint density at radius 3 is 1.68 bits per heavy atom. The Balaban J connectivity index is 1.46. The molecule has 10 aromatic rings. The predicted octanol–water partition coefficient (Wildman–Crippen LogP) is 9.56. The van der Waals surface area contributed by atoms with Crippen LogP contribution in [0.4, 0.5) is 0 Å². The van der Waals surface area contributed by atoms with Crippen LogP contribution in [0.15, 0.2) is 144 Å². The highest BCUT2D eigenvalue weighted by atomic mass is 16.1. The van der Waals surface area contributed by atoms with E-state index in [1.807, 2.05) is 28.8 Å². The molecule has 0 amide bonds. The molecule has 10 rings (SSSR count). The minimum atomic E-state index is -0.0387. The summed E-state index contributed by atoms with van der Waals surface area (Å²) in [4.78, 5) is 19.8. The fourth-order valence-corrected chi connectivity index (χ4v) is 7.42. The van der Waals surface area contributed by atoms with Gasteiger partial charge in [0.25, 0.3) is 5.56 Å². The minimum Gasteiger partial charge on any atom is -0.292 e. The van der Waals surface area contributed by atoms with Crippen molar-refractivity contribution < 1.29 is 0 Å². The Kier molecular flexibility index (Phi) is 4.56. The van der Waals surface area contributed by atoms with Gasteiger partial charge in [0.2, 0.25) is 0 Å². The molecule has 0 saturated carbocycles. The van der Waals surface area contributed by atoms with E-state index in [4.69, 9.17) is 4.98 Å². The lowest BCUT2D eigenvalue weighted by molar-refractivity contribution is 1.07. The Labute approximate surface area is 250 Å². The van der Waals surface area contributed by atoms with E-state index >= 15 is 0 Å². The molecule has 3 heterocycles. The number of imidazole rings is 1. The second-order valence-corrected chi connectivity index (χ2v) is 11.5. The molecule has 0 bridgehead atoms. The summed E-state index contributed by atoms with van der Waals surface area (Å²) < 4.78 is 4.16. The molecular formula is C40H23N3O. The van der Waals surface area contributed by atoms with Crippen LogP contribution >= 0.6 is 0 Å². The van der Waals surface area contributed by atoms with E-state index < -0.39 is 0 Å². The highest BCUT2D eigenvalue weighted by Gasteiger charge is 2.21. The molecule has 44 heavy (non-hydrogen) atoms. The molecule has 0 fully saturated rings. The second kappa shape index (κ2) is 8.52. The van der Waals surface area contributed by atoms with Crippen LogP contribution in [0.1, 0.15) is 0 Å². The number of nitrogens with zero attached hydrogens (tertiary/aromatic N) is 3. The van der Waals surface area contributed by atoms with Crippen molar-refractivity contribution >= 4 is 81.6 Å². The lowest BCUT2D eigenvalue weighted by Crippen LogP contribution is -2.20. The van der Waals surface area contributed by atoms with E-state index in [2.05, 4.69) is 120 Å². The predicted molar refractivity (Wildman–Crippen MR) is 183 cm³/mol. The summed E-state index contributed by atoms with van der Waals surface area (Å²) in [7, 11) is 0. The Hall–Kier alpha value is -6.00. The van der Waals surface area contributed by atoms with Crippen LogP contribution in [-0.2, 0) is 0 Å². The van der Waals surface area contributed by atoms with Crippen molar-refractivity contribution in [1.29, 1.82) is 0 Å². The highest BCUT2D eigenvalue weighted by molar-refractivity contribution is 6.26. The maximum Gasteiger partial charge on any atom is 0.263 e. The van der Waals surface area contributed by atoms with Crippen LogP contribution < -0.4 is 5.56 Å². The molecule has 0 atom stereocenters. The van der Waals surface area contributed by atoms with Gasteiger partial charge in [0, 0.05) is 21.8 Å². The van der Waals surface area contributed by atoms with Gasteiger partial charge in [-0.15, -0.1) is 0 Å². The van der Waals surface area contributed by atoms with Crippen molar-refractivity contribution in [2.75, 3.05) is 0 Å². The summed E-state index contributed by atoms with van der Waals surface area (Å²) in [5.74, 6) is 0. The summed E-state index contributed by atoms with van der Waals surface area (Å²) >= 11 is 0. The van der Waals surface area contributed by atoms with E-state index in [1.165, 1.54) is 26.9 Å². The summed E-state index contributed by atoms with van der Waals surface area (Å²) in [6.07, 6.45) is 0. The first-order chi connectivity index (χ1) is 21.8. The largest absolute Gasteiger partial charge is 0.292 e. The average molecular weight is 562 g/mol. The van der Waals surface area contributed by atoms with E-state index in [1.54, 1.807) is 0 Å². The number of fused-ring (bicyclic) bond motifs is 16. The Bertz CT molecular complexity index is 2880. The smallest absolute Gasteiger partial charge is 0.263 e. The molecule has 0 aliphatic heterocycles. The topological polar surface area (TPSA) is 39.3 Å². The van der Waals surface area contributed by atoms with Gasteiger partial charge in [-0.05, 0) is 68.7 Å². The summed E-state index contributed by atoms with van der Waals surface area (Å²) in [5, 5.41) is 10.7. The summed E-state index contributed by atoms with van der Waals surface area (Å²) in [6, 6.07) is 48.2. The molecule has 0 aliphatic rings. The van der Waals surface area contributed by atoms with Gasteiger partial charge in [-0.25, -0.2) is 4.98 Å². The molecule has 0 saturated heterocycles. The van der Waals surface area contributed by atoms with Crippen LogP contribution in [0.5, 0.6) is 0 Å². The SMILES string of the molecule is O=c1c2ccccc2c2c(c3ccccc3n3c4ccccc4nc23)n1-c1ccc2c3ccccc3c3ccccc3c2c1. The maximum absolute atomic E-state index is 14.6. The zero-order chi connectivity index (χ0) is 28.9. The van der Waals surface area contributed by atoms with Gasteiger partial charge in [0.1, 0.15) is 5.65 Å². The number of benzene rings is 7. The van der Waals surface area contributed by atoms with Crippen LogP contribution in [0, 0.1) is 0 Å². The molecule has 204 valence electrons. The third-order valence-corrected chi connectivity index (χ3v) is 9.26. The normalized spacial score (nSPS) is 12.2. The van der Waals surface area contributed by atoms with Gasteiger partial charge in [-0.2, -0.15) is 0 Å². The van der Waals surface area contributed by atoms with Gasteiger partial charge in [0.15, 0.2) is 0 Å².